The molecule has 0 aromatic heterocycles. The van der Waals surface area contributed by atoms with Gasteiger partial charge in [-0.3, -0.25) is 19.8 Å². The molecule has 1 amide bonds. The molecule has 0 heterocycles. The van der Waals surface area contributed by atoms with Crippen LogP contribution in [0.15, 0.2) is 18.2 Å². The van der Waals surface area contributed by atoms with Crippen LogP contribution in [0.1, 0.15) is 18.9 Å². The second-order valence-electron chi connectivity index (χ2n) is 4.87. The van der Waals surface area contributed by atoms with E-state index in [1.54, 1.807) is 26.2 Å². The van der Waals surface area contributed by atoms with Crippen LogP contribution in [0.2, 0.25) is 0 Å². The van der Waals surface area contributed by atoms with Gasteiger partial charge in [0, 0.05) is 38.0 Å². The molecule has 0 spiro atoms. The van der Waals surface area contributed by atoms with Gasteiger partial charge in [-0.25, -0.2) is 0 Å². The summed E-state index contributed by atoms with van der Waals surface area (Å²) < 4.78 is 0. The summed E-state index contributed by atoms with van der Waals surface area (Å²) in [5.41, 5.74) is 1.73. The van der Waals surface area contributed by atoms with Gasteiger partial charge in [0.05, 0.1) is 11.5 Å². The molecule has 7 heteroatoms. The highest BCUT2D eigenvalue weighted by atomic mass is 16.6. The molecule has 2 N–H and O–H groups in total. The third-order valence-electron chi connectivity index (χ3n) is 3.00. The molecule has 0 bridgehead atoms. The van der Waals surface area contributed by atoms with Crippen LogP contribution in [0.3, 0.4) is 0 Å². The number of likely N-dealkylation sites (N-methyl/N-ethyl adjacent to an activating group) is 2. The molecule has 0 saturated heterocycles. The number of amides is 1. The van der Waals surface area contributed by atoms with Crippen LogP contribution in [-0.4, -0.2) is 42.9 Å². The smallest absolute Gasteiger partial charge is 0.269 e. The number of anilines is 1. The number of non-ortho nitro benzene ring substituents is 1. The summed E-state index contributed by atoms with van der Waals surface area (Å²) in [4.78, 5) is 23.7. The molecule has 0 radical (unpaired) electrons. The highest BCUT2D eigenvalue weighted by molar-refractivity contribution is 5.77. The Labute approximate surface area is 124 Å². The third kappa shape index (κ3) is 5.39. The van der Waals surface area contributed by atoms with Crippen LogP contribution in [-0.2, 0) is 11.3 Å². The summed E-state index contributed by atoms with van der Waals surface area (Å²) in [6, 6.07) is 4.76. The number of nitro benzene ring substituents is 1. The zero-order valence-corrected chi connectivity index (χ0v) is 12.7. The topological polar surface area (TPSA) is 87.5 Å². The lowest BCUT2D eigenvalue weighted by molar-refractivity contribution is -0.384. The molecule has 1 aromatic carbocycles. The van der Waals surface area contributed by atoms with Gasteiger partial charge >= 0.3 is 0 Å². The molecule has 0 aliphatic rings. The van der Waals surface area contributed by atoms with E-state index in [1.165, 1.54) is 6.07 Å². The van der Waals surface area contributed by atoms with Crippen molar-refractivity contribution in [2.24, 2.45) is 0 Å². The number of hydrogen-bond acceptors (Lipinski definition) is 5. The van der Waals surface area contributed by atoms with Crippen LogP contribution in [0.25, 0.3) is 0 Å². The molecule has 0 unspecified atom stereocenters. The van der Waals surface area contributed by atoms with Crippen molar-refractivity contribution in [3.8, 4) is 0 Å². The Bertz CT molecular complexity index is 505. The first-order valence-corrected chi connectivity index (χ1v) is 6.88. The fourth-order valence-electron chi connectivity index (χ4n) is 1.93. The van der Waals surface area contributed by atoms with Gasteiger partial charge in [-0.15, -0.1) is 0 Å². The van der Waals surface area contributed by atoms with Gasteiger partial charge in [0.1, 0.15) is 0 Å². The van der Waals surface area contributed by atoms with Crippen molar-refractivity contribution in [3.05, 3.63) is 33.9 Å². The maximum atomic E-state index is 11.4. The van der Waals surface area contributed by atoms with Crippen molar-refractivity contribution in [1.82, 2.24) is 10.2 Å². The summed E-state index contributed by atoms with van der Waals surface area (Å²) in [6.07, 6.45) is 0.963. The molecule has 116 valence electrons. The van der Waals surface area contributed by atoms with E-state index in [9.17, 15) is 14.9 Å². The van der Waals surface area contributed by atoms with Gasteiger partial charge in [0.15, 0.2) is 0 Å². The zero-order chi connectivity index (χ0) is 15.8. The Morgan fingerprint density at radius 3 is 2.71 bits per heavy atom. The van der Waals surface area contributed by atoms with Gasteiger partial charge in [0.25, 0.3) is 5.69 Å². The summed E-state index contributed by atoms with van der Waals surface area (Å²) >= 11 is 0. The third-order valence-corrected chi connectivity index (χ3v) is 3.00. The summed E-state index contributed by atoms with van der Waals surface area (Å²) in [5.74, 6) is -0.0917. The maximum absolute atomic E-state index is 11.4. The van der Waals surface area contributed by atoms with Crippen LogP contribution >= 0.6 is 0 Å². The first-order chi connectivity index (χ1) is 9.97. The van der Waals surface area contributed by atoms with E-state index in [-0.39, 0.29) is 18.1 Å². The maximum Gasteiger partial charge on any atom is 0.269 e. The number of nitrogens with one attached hydrogen (secondary N) is 2. The molecular weight excluding hydrogens is 272 g/mol. The summed E-state index contributed by atoms with van der Waals surface area (Å²) in [7, 11) is 3.38. The molecular formula is C14H22N4O3. The molecule has 1 aromatic rings. The summed E-state index contributed by atoms with van der Waals surface area (Å²) in [5, 5.41) is 16.7. The predicted octanol–water partition coefficient (Wildman–Crippen LogP) is 1.59. The van der Waals surface area contributed by atoms with Crippen LogP contribution in [0.5, 0.6) is 0 Å². The average molecular weight is 294 g/mol. The Morgan fingerprint density at radius 1 is 1.43 bits per heavy atom. The number of carbonyl (C=O) groups is 1. The van der Waals surface area contributed by atoms with Gasteiger partial charge < -0.3 is 10.6 Å². The molecule has 0 saturated carbocycles. The molecule has 0 aliphatic carbocycles. The molecule has 0 atom stereocenters. The van der Waals surface area contributed by atoms with E-state index in [0.717, 1.165) is 24.2 Å². The largest absolute Gasteiger partial charge is 0.385 e. The Hall–Kier alpha value is -2.15. The second-order valence-corrected chi connectivity index (χ2v) is 4.87. The first-order valence-electron chi connectivity index (χ1n) is 6.88. The number of rotatable bonds is 8. The minimum atomic E-state index is -0.411. The number of hydrogen-bond donors (Lipinski definition) is 2. The van der Waals surface area contributed by atoms with E-state index in [4.69, 9.17) is 0 Å². The van der Waals surface area contributed by atoms with E-state index in [0.29, 0.717) is 6.54 Å². The molecule has 0 aliphatic heterocycles. The monoisotopic (exact) mass is 294 g/mol. The van der Waals surface area contributed by atoms with Gasteiger partial charge in [-0.2, -0.15) is 0 Å². The minimum absolute atomic E-state index is 0.0559. The SMILES string of the molecule is CCCNc1ccc([N+](=O)[O-])cc1CN(C)CC(=O)NC. The molecule has 1 rings (SSSR count). The van der Waals surface area contributed by atoms with Crippen molar-refractivity contribution >= 4 is 17.3 Å². The van der Waals surface area contributed by atoms with E-state index < -0.39 is 4.92 Å². The standard InChI is InChI=1S/C14H22N4O3/c1-4-7-16-13-6-5-12(18(20)21)8-11(13)9-17(3)10-14(19)15-2/h5-6,8,16H,4,7,9-10H2,1-3H3,(H,15,19). The normalized spacial score (nSPS) is 10.5. The minimum Gasteiger partial charge on any atom is -0.385 e. The Morgan fingerprint density at radius 2 is 2.14 bits per heavy atom. The van der Waals surface area contributed by atoms with Gasteiger partial charge in [-0.05, 0) is 25.1 Å². The van der Waals surface area contributed by atoms with E-state index in [2.05, 4.69) is 17.6 Å². The highest BCUT2D eigenvalue weighted by Crippen LogP contribution is 2.23. The zero-order valence-electron chi connectivity index (χ0n) is 12.7. The van der Waals surface area contributed by atoms with Gasteiger partial charge in [0.2, 0.25) is 5.91 Å². The first kappa shape index (κ1) is 16.9. The molecule has 7 nitrogen and oxygen atoms in total. The number of nitrogens with zero attached hydrogens (tertiary/aromatic N) is 2. The second kappa shape index (κ2) is 8.21. The lowest BCUT2D eigenvalue weighted by atomic mass is 10.1. The summed E-state index contributed by atoms with van der Waals surface area (Å²) in [6.45, 7) is 3.55. The Kier molecular flexibility index (Phi) is 6.61. The average Bonchev–Trinajstić information content (AvgIpc) is 2.45. The van der Waals surface area contributed by atoms with Crippen LogP contribution in [0.4, 0.5) is 11.4 Å². The van der Waals surface area contributed by atoms with Gasteiger partial charge in [-0.1, -0.05) is 6.92 Å². The fourth-order valence-corrected chi connectivity index (χ4v) is 1.93. The Balaban J connectivity index is 2.91. The number of nitro groups is 1. The lowest BCUT2D eigenvalue weighted by Gasteiger charge is -2.18. The number of benzene rings is 1. The van der Waals surface area contributed by atoms with Crippen molar-refractivity contribution in [3.63, 3.8) is 0 Å². The molecule has 0 fully saturated rings. The van der Waals surface area contributed by atoms with Crippen LogP contribution in [0, 0.1) is 10.1 Å². The lowest BCUT2D eigenvalue weighted by Crippen LogP contribution is -2.32. The van der Waals surface area contributed by atoms with E-state index >= 15 is 0 Å². The van der Waals surface area contributed by atoms with Crippen molar-refractivity contribution in [2.45, 2.75) is 19.9 Å². The van der Waals surface area contributed by atoms with Crippen molar-refractivity contribution in [1.29, 1.82) is 0 Å². The highest BCUT2D eigenvalue weighted by Gasteiger charge is 2.13. The van der Waals surface area contributed by atoms with Crippen molar-refractivity contribution < 1.29 is 9.72 Å². The van der Waals surface area contributed by atoms with E-state index in [1.807, 2.05) is 4.90 Å². The van der Waals surface area contributed by atoms with Crippen LogP contribution < -0.4 is 10.6 Å². The molecule has 21 heavy (non-hydrogen) atoms. The fraction of sp³-hybridized carbons (Fsp3) is 0.500. The predicted molar refractivity (Wildman–Crippen MR) is 82.3 cm³/mol. The number of carbonyl (C=O) groups excluding carboxylic acids is 1. The quantitative estimate of drug-likeness (QED) is 0.561. The van der Waals surface area contributed by atoms with Crippen molar-refractivity contribution in [2.75, 3.05) is 32.5 Å².